The monoisotopic (exact) mass is 309 g/mol. The fourth-order valence-electron chi connectivity index (χ4n) is 3.57. The van der Waals surface area contributed by atoms with Gasteiger partial charge >= 0.3 is 0 Å². The van der Waals surface area contributed by atoms with Gasteiger partial charge < -0.3 is 4.90 Å². The normalized spacial score (nSPS) is 28.0. The summed E-state index contributed by atoms with van der Waals surface area (Å²) in [5.74, 6) is 2.87. The predicted molar refractivity (Wildman–Crippen MR) is 76.8 cm³/mol. The molecule has 2 atom stereocenters. The van der Waals surface area contributed by atoms with Crippen LogP contribution < -0.4 is 4.90 Å². The lowest BCUT2D eigenvalue weighted by molar-refractivity contribution is 0.242. The maximum absolute atomic E-state index is 4.63. The topological polar surface area (TPSA) is 29.0 Å². The lowest BCUT2D eigenvalue weighted by atomic mass is 9.78. The van der Waals surface area contributed by atoms with E-state index in [1.165, 1.54) is 38.5 Å². The van der Waals surface area contributed by atoms with Crippen molar-refractivity contribution in [1.29, 1.82) is 0 Å². The van der Waals surface area contributed by atoms with Gasteiger partial charge in [0.2, 0.25) is 0 Å². The molecular formula is C14H20BrN3. The zero-order valence-electron chi connectivity index (χ0n) is 10.9. The van der Waals surface area contributed by atoms with Crippen molar-refractivity contribution in [2.24, 2.45) is 5.92 Å². The third-order valence-corrected chi connectivity index (χ3v) is 4.74. The van der Waals surface area contributed by atoms with E-state index in [0.717, 1.165) is 28.7 Å². The highest BCUT2D eigenvalue weighted by Gasteiger charge is 2.33. The number of nitrogens with zero attached hydrogens (tertiary/aromatic N) is 3. The van der Waals surface area contributed by atoms with E-state index in [0.29, 0.717) is 6.04 Å². The van der Waals surface area contributed by atoms with Crippen LogP contribution in [0, 0.1) is 12.8 Å². The van der Waals surface area contributed by atoms with Crippen molar-refractivity contribution in [3.05, 3.63) is 16.5 Å². The molecule has 98 valence electrons. The number of hydrogen-bond acceptors (Lipinski definition) is 3. The Morgan fingerprint density at radius 1 is 1.17 bits per heavy atom. The standard InChI is InChI=1S/C14H20BrN3/c1-10-16-13(15)9-14(17-10)18-8-4-6-11-5-2-3-7-12(11)18/h9,11-12H,2-8H2,1H3. The average Bonchev–Trinajstić information content (AvgIpc) is 2.37. The summed E-state index contributed by atoms with van der Waals surface area (Å²) in [4.78, 5) is 11.5. The summed E-state index contributed by atoms with van der Waals surface area (Å²) in [6, 6.07) is 2.79. The summed E-state index contributed by atoms with van der Waals surface area (Å²) in [5.41, 5.74) is 0. The van der Waals surface area contributed by atoms with Crippen molar-refractivity contribution in [3.8, 4) is 0 Å². The molecule has 1 aliphatic heterocycles. The van der Waals surface area contributed by atoms with Gasteiger partial charge in [0, 0.05) is 18.7 Å². The predicted octanol–water partition coefficient (Wildman–Crippen LogP) is 3.71. The molecule has 1 saturated carbocycles. The van der Waals surface area contributed by atoms with Gasteiger partial charge in [-0.2, -0.15) is 0 Å². The Kier molecular flexibility index (Phi) is 3.55. The Labute approximate surface area is 117 Å². The van der Waals surface area contributed by atoms with Crippen LogP contribution in [0.15, 0.2) is 10.7 Å². The van der Waals surface area contributed by atoms with Crippen molar-refractivity contribution in [2.75, 3.05) is 11.4 Å². The Hall–Kier alpha value is -0.640. The second-order valence-electron chi connectivity index (χ2n) is 5.54. The first-order chi connectivity index (χ1) is 8.74. The minimum atomic E-state index is 0.716. The first kappa shape index (κ1) is 12.4. The Morgan fingerprint density at radius 2 is 1.94 bits per heavy atom. The molecule has 1 aromatic heterocycles. The van der Waals surface area contributed by atoms with Gasteiger partial charge in [0.25, 0.3) is 0 Å². The van der Waals surface area contributed by atoms with Crippen LogP contribution in [0.1, 0.15) is 44.3 Å². The van der Waals surface area contributed by atoms with Gasteiger partial charge in [-0.15, -0.1) is 0 Å². The summed E-state index contributed by atoms with van der Waals surface area (Å²) >= 11 is 3.49. The molecule has 4 heteroatoms. The summed E-state index contributed by atoms with van der Waals surface area (Å²) in [5, 5.41) is 0. The summed E-state index contributed by atoms with van der Waals surface area (Å²) < 4.78 is 0.905. The molecule has 0 aromatic carbocycles. The van der Waals surface area contributed by atoms with Crippen molar-refractivity contribution < 1.29 is 0 Å². The highest BCUT2D eigenvalue weighted by Crippen LogP contribution is 2.37. The van der Waals surface area contributed by atoms with Crippen LogP contribution in [0.25, 0.3) is 0 Å². The van der Waals surface area contributed by atoms with Crippen LogP contribution in [-0.4, -0.2) is 22.6 Å². The molecule has 0 spiro atoms. The largest absolute Gasteiger partial charge is 0.353 e. The maximum atomic E-state index is 4.63. The zero-order valence-corrected chi connectivity index (χ0v) is 12.5. The van der Waals surface area contributed by atoms with E-state index >= 15 is 0 Å². The van der Waals surface area contributed by atoms with Crippen LogP contribution in [0.3, 0.4) is 0 Å². The lowest BCUT2D eigenvalue weighted by Gasteiger charge is -2.44. The molecule has 2 aliphatic rings. The number of hydrogen-bond donors (Lipinski definition) is 0. The molecule has 2 fully saturated rings. The summed E-state index contributed by atoms with van der Waals surface area (Å²) in [6.07, 6.45) is 8.26. The van der Waals surface area contributed by atoms with E-state index in [2.05, 4.69) is 36.9 Å². The van der Waals surface area contributed by atoms with E-state index in [4.69, 9.17) is 0 Å². The number of aromatic nitrogens is 2. The fourth-order valence-corrected chi connectivity index (χ4v) is 4.03. The van der Waals surface area contributed by atoms with Gasteiger partial charge in [0.15, 0.2) is 0 Å². The minimum absolute atomic E-state index is 0.716. The van der Waals surface area contributed by atoms with Crippen LogP contribution in [0.5, 0.6) is 0 Å². The summed E-state index contributed by atoms with van der Waals surface area (Å²) in [7, 11) is 0. The van der Waals surface area contributed by atoms with Crippen molar-refractivity contribution in [3.63, 3.8) is 0 Å². The van der Waals surface area contributed by atoms with Crippen molar-refractivity contribution in [1.82, 2.24) is 9.97 Å². The first-order valence-electron chi connectivity index (χ1n) is 7.02. The molecule has 0 amide bonds. The van der Waals surface area contributed by atoms with Gasteiger partial charge in [-0.05, 0) is 54.5 Å². The quantitative estimate of drug-likeness (QED) is 0.741. The van der Waals surface area contributed by atoms with Crippen LogP contribution in [0.4, 0.5) is 5.82 Å². The lowest BCUT2D eigenvalue weighted by Crippen LogP contribution is -2.47. The van der Waals surface area contributed by atoms with E-state index < -0.39 is 0 Å². The highest BCUT2D eigenvalue weighted by molar-refractivity contribution is 9.10. The van der Waals surface area contributed by atoms with Gasteiger partial charge in [0.05, 0.1) is 0 Å². The first-order valence-corrected chi connectivity index (χ1v) is 7.81. The molecule has 1 saturated heterocycles. The second kappa shape index (κ2) is 5.16. The number of piperidine rings is 1. The molecule has 1 aromatic rings. The van der Waals surface area contributed by atoms with Gasteiger partial charge in [-0.3, -0.25) is 0 Å². The van der Waals surface area contributed by atoms with E-state index in [1.807, 2.05) is 6.92 Å². The zero-order chi connectivity index (χ0) is 12.5. The Morgan fingerprint density at radius 3 is 2.78 bits per heavy atom. The fraction of sp³-hybridized carbons (Fsp3) is 0.714. The molecule has 0 N–H and O–H groups in total. The van der Waals surface area contributed by atoms with Gasteiger partial charge in [-0.1, -0.05) is 12.8 Å². The van der Waals surface area contributed by atoms with E-state index in [9.17, 15) is 0 Å². The molecule has 3 rings (SSSR count). The van der Waals surface area contributed by atoms with Crippen LogP contribution in [0.2, 0.25) is 0 Å². The van der Waals surface area contributed by atoms with E-state index in [-0.39, 0.29) is 0 Å². The number of anilines is 1. The molecule has 18 heavy (non-hydrogen) atoms. The van der Waals surface area contributed by atoms with E-state index in [1.54, 1.807) is 0 Å². The van der Waals surface area contributed by atoms with Crippen molar-refractivity contribution in [2.45, 2.75) is 51.5 Å². The summed E-state index contributed by atoms with van der Waals surface area (Å²) in [6.45, 7) is 3.13. The highest BCUT2D eigenvalue weighted by atomic mass is 79.9. The third-order valence-electron chi connectivity index (χ3n) is 4.33. The van der Waals surface area contributed by atoms with Crippen molar-refractivity contribution >= 4 is 21.7 Å². The number of rotatable bonds is 1. The molecule has 3 nitrogen and oxygen atoms in total. The number of fused-ring (bicyclic) bond motifs is 1. The molecule has 0 radical (unpaired) electrons. The Balaban J connectivity index is 1.89. The Bertz CT molecular complexity index is 413. The molecule has 1 aliphatic carbocycles. The molecule has 0 bridgehead atoms. The van der Waals surface area contributed by atoms with Crippen LogP contribution >= 0.6 is 15.9 Å². The minimum Gasteiger partial charge on any atom is -0.353 e. The number of aryl methyl sites for hydroxylation is 1. The SMILES string of the molecule is Cc1nc(Br)cc(N2CCCC3CCCCC32)n1. The molecule has 2 heterocycles. The smallest absolute Gasteiger partial charge is 0.133 e. The second-order valence-corrected chi connectivity index (χ2v) is 6.36. The van der Waals surface area contributed by atoms with Gasteiger partial charge in [-0.25, -0.2) is 9.97 Å². The number of halogens is 1. The third kappa shape index (κ3) is 2.40. The molecular weight excluding hydrogens is 290 g/mol. The molecule has 2 unspecified atom stereocenters. The van der Waals surface area contributed by atoms with Crippen LogP contribution in [-0.2, 0) is 0 Å². The maximum Gasteiger partial charge on any atom is 0.133 e. The van der Waals surface area contributed by atoms with Gasteiger partial charge in [0.1, 0.15) is 16.2 Å². The average molecular weight is 310 g/mol.